The number of carbonyl (C=O) groups is 1. The van der Waals surface area contributed by atoms with Crippen molar-refractivity contribution in [2.75, 3.05) is 32.1 Å². The van der Waals surface area contributed by atoms with Gasteiger partial charge >= 0.3 is 0 Å². The minimum Gasteiger partial charge on any atom is -0.492 e. The quantitative estimate of drug-likeness (QED) is 0.494. The van der Waals surface area contributed by atoms with Crippen molar-refractivity contribution >= 4 is 44.8 Å². The number of non-ortho nitro benzene ring substituents is 1. The summed E-state index contributed by atoms with van der Waals surface area (Å²) in [5.74, 6) is 0.482. The molecule has 1 amide bonds. The van der Waals surface area contributed by atoms with E-state index in [0.29, 0.717) is 34.1 Å². The van der Waals surface area contributed by atoms with Crippen LogP contribution in [-0.2, 0) is 4.79 Å². The number of hydrogen-bond acceptors (Lipinski definition) is 5. The summed E-state index contributed by atoms with van der Waals surface area (Å²) in [6.45, 7) is 1.14. The molecule has 26 heavy (non-hydrogen) atoms. The van der Waals surface area contributed by atoms with Crippen LogP contribution in [0.1, 0.15) is 0 Å². The van der Waals surface area contributed by atoms with E-state index < -0.39 is 4.92 Å². The molecular weight excluding hydrogens is 426 g/mol. The zero-order chi connectivity index (χ0) is 19.1. The number of carbonyl (C=O) groups excluding carboxylic acids is 1. The lowest BCUT2D eigenvalue weighted by molar-refractivity contribution is -0.384. The van der Waals surface area contributed by atoms with Crippen LogP contribution in [0.5, 0.6) is 5.75 Å². The third kappa shape index (κ3) is 6.29. The highest BCUT2D eigenvalue weighted by atomic mass is 79.9. The van der Waals surface area contributed by atoms with Gasteiger partial charge < -0.3 is 10.1 Å². The predicted octanol–water partition coefficient (Wildman–Crippen LogP) is 3.96. The van der Waals surface area contributed by atoms with Crippen LogP contribution in [0.3, 0.4) is 0 Å². The number of hydrogen-bond donors (Lipinski definition) is 1. The Balaban J connectivity index is 1.78. The molecule has 0 aliphatic heterocycles. The van der Waals surface area contributed by atoms with E-state index in [4.69, 9.17) is 16.3 Å². The smallest absolute Gasteiger partial charge is 0.270 e. The summed E-state index contributed by atoms with van der Waals surface area (Å²) in [5.41, 5.74) is 0.428. The van der Waals surface area contributed by atoms with Crippen molar-refractivity contribution in [1.82, 2.24) is 4.90 Å². The number of benzene rings is 2. The summed E-state index contributed by atoms with van der Waals surface area (Å²) in [4.78, 5) is 24.1. The maximum Gasteiger partial charge on any atom is 0.270 e. The molecule has 0 aliphatic carbocycles. The van der Waals surface area contributed by atoms with Crippen molar-refractivity contribution in [3.63, 3.8) is 0 Å². The van der Waals surface area contributed by atoms with Crippen LogP contribution in [0.15, 0.2) is 46.9 Å². The highest BCUT2D eigenvalue weighted by molar-refractivity contribution is 9.10. The summed E-state index contributed by atoms with van der Waals surface area (Å²) in [6, 6.07) is 11.2. The van der Waals surface area contributed by atoms with Gasteiger partial charge in [-0.3, -0.25) is 19.8 Å². The molecule has 1 N–H and O–H groups in total. The number of halogens is 2. The first-order valence-electron chi connectivity index (χ1n) is 7.66. The molecule has 0 fully saturated rings. The molecule has 2 rings (SSSR count). The molecular formula is C17H17BrClN3O4. The van der Waals surface area contributed by atoms with Crippen molar-refractivity contribution in [2.24, 2.45) is 0 Å². The fraction of sp³-hybridized carbons (Fsp3) is 0.235. The summed E-state index contributed by atoms with van der Waals surface area (Å²) < 4.78 is 6.04. The molecule has 0 heterocycles. The highest BCUT2D eigenvalue weighted by Crippen LogP contribution is 2.27. The van der Waals surface area contributed by atoms with E-state index in [1.54, 1.807) is 31.3 Å². The molecule has 2 aromatic carbocycles. The molecule has 0 atom stereocenters. The molecule has 0 aromatic heterocycles. The van der Waals surface area contributed by atoms with Gasteiger partial charge in [0.25, 0.3) is 5.69 Å². The van der Waals surface area contributed by atoms with E-state index in [1.165, 1.54) is 18.2 Å². The average molecular weight is 443 g/mol. The Morgan fingerprint density at radius 1 is 1.31 bits per heavy atom. The summed E-state index contributed by atoms with van der Waals surface area (Å²) >= 11 is 9.03. The molecule has 7 nitrogen and oxygen atoms in total. The number of nitrogens with zero attached hydrogens (tertiary/aromatic N) is 2. The molecule has 0 aliphatic rings. The summed E-state index contributed by atoms with van der Waals surface area (Å²) in [7, 11) is 1.80. The maximum absolute atomic E-state index is 12.1. The van der Waals surface area contributed by atoms with Crippen LogP contribution in [-0.4, -0.2) is 42.5 Å². The van der Waals surface area contributed by atoms with Crippen molar-refractivity contribution in [3.05, 3.63) is 62.1 Å². The van der Waals surface area contributed by atoms with E-state index in [1.807, 2.05) is 4.90 Å². The zero-order valence-electron chi connectivity index (χ0n) is 13.9. The van der Waals surface area contributed by atoms with Gasteiger partial charge in [0.1, 0.15) is 12.4 Å². The number of likely N-dealkylation sites (N-methyl/N-ethyl adjacent to an activating group) is 1. The summed E-state index contributed by atoms with van der Waals surface area (Å²) in [6.07, 6.45) is 0. The van der Waals surface area contributed by atoms with Crippen LogP contribution in [0.4, 0.5) is 11.4 Å². The molecule has 138 valence electrons. The number of anilines is 1. The van der Waals surface area contributed by atoms with Gasteiger partial charge in [-0.05, 0) is 53.3 Å². The van der Waals surface area contributed by atoms with Gasteiger partial charge in [-0.25, -0.2) is 0 Å². The second-order valence-corrected chi connectivity index (χ2v) is 6.80. The molecule has 2 aromatic rings. The Labute approximate surface area is 164 Å². The first-order chi connectivity index (χ1) is 12.3. The van der Waals surface area contributed by atoms with Gasteiger partial charge in [-0.2, -0.15) is 0 Å². The van der Waals surface area contributed by atoms with Gasteiger partial charge in [0, 0.05) is 28.2 Å². The van der Waals surface area contributed by atoms with Crippen molar-refractivity contribution in [1.29, 1.82) is 0 Å². The van der Waals surface area contributed by atoms with E-state index in [2.05, 4.69) is 21.2 Å². The van der Waals surface area contributed by atoms with Gasteiger partial charge in [0.2, 0.25) is 5.91 Å². The first-order valence-corrected chi connectivity index (χ1v) is 8.83. The lowest BCUT2D eigenvalue weighted by Gasteiger charge is -2.17. The molecule has 0 spiro atoms. The Kier molecular flexibility index (Phi) is 7.38. The Morgan fingerprint density at radius 2 is 2.00 bits per heavy atom. The third-order valence-corrected chi connectivity index (χ3v) is 4.31. The van der Waals surface area contributed by atoms with E-state index in [9.17, 15) is 14.9 Å². The van der Waals surface area contributed by atoms with E-state index in [-0.39, 0.29) is 18.1 Å². The van der Waals surface area contributed by atoms with Crippen LogP contribution in [0, 0.1) is 10.1 Å². The molecule has 0 saturated heterocycles. The average Bonchev–Trinajstić information content (AvgIpc) is 2.58. The number of amides is 1. The lowest BCUT2D eigenvalue weighted by atomic mass is 10.3. The minimum atomic E-state index is -0.495. The Hall–Kier alpha value is -2.16. The monoisotopic (exact) mass is 441 g/mol. The topological polar surface area (TPSA) is 84.7 Å². The lowest BCUT2D eigenvalue weighted by Crippen LogP contribution is -2.33. The zero-order valence-corrected chi connectivity index (χ0v) is 16.3. The minimum absolute atomic E-state index is 0.0497. The molecule has 0 unspecified atom stereocenters. The van der Waals surface area contributed by atoms with E-state index >= 15 is 0 Å². The van der Waals surface area contributed by atoms with Crippen molar-refractivity contribution in [2.45, 2.75) is 0 Å². The predicted molar refractivity (Wildman–Crippen MR) is 104 cm³/mol. The Morgan fingerprint density at radius 3 is 2.62 bits per heavy atom. The van der Waals surface area contributed by atoms with Crippen LogP contribution in [0.2, 0.25) is 5.02 Å². The van der Waals surface area contributed by atoms with Gasteiger partial charge in [0.05, 0.1) is 17.2 Å². The normalized spacial score (nSPS) is 10.6. The summed E-state index contributed by atoms with van der Waals surface area (Å²) in [5, 5.41) is 14.1. The Bertz CT molecular complexity index is 786. The molecule has 0 radical (unpaired) electrons. The second-order valence-electron chi connectivity index (χ2n) is 5.51. The standard InChI is InChI=1S/C17H17BrClN3O4/c1-21(8-9-26-14-5-2-12(19)3-6-14)11-17(23)20-16-7-4-13(22(24)25)10-15(16)18/h2-7,10H,8-9,11H2,1H3,(H,20,23). The second kappa shape index (κ2) is 9.51. The van der Waals surface area contributed by atoms with Crippen LogP contribution in [0.25, 0.3) is 0 Å². The molecule has 0 bridgehead atoms. The molecule has 0 saturated carbocycles. The molecule has 9 heteroatoms. The maximum atomic E-state index is 12.1. The fourth-order valence-electron chi connectivity index (χ4n) is 2.08. The van der Waals surface area contributed by atoms with Crippen molar-refractivity contribution < 1.29 is 14.5 Å². The first kappa shape index (κ1) is 20.2. The third-order valence-electron chi connectivity index (χ3n) is 3.41. The van der Waals surface area contributed by atoms with Gasteiger partial charge in [0.15, 0.2) is 0 Å². The van der Waals surface area contributed by atoms with Crippen LogP contribution < -0.4 is 10.1 Å². The number of nitrogens with one attached hydrogen (secondary N) is 1. The fourth-order valence-corrected chi connectivity index (χ4v) is 2.67. The van der Waals surface area contributed by atoms with Crippen LogP contribution >= 0.6 is 27.5 Å². The number of rotatable bonds is 8. The largest absolute Gasteiger partial charge is 0.492 e. The van der Waals surface area contributed by atoms with Gasteiger partial charge in [-0.1, -0.05) is 11.6 Å². The highest BCUT2D eigenvalue weighted by Gasteiger charge is 2.12. The SMILES string of the molecule is CN(CCOc1ccc(Cl)cc1)CC(=O)Nc1ccc([N+](=O)[O-])cc1Br. The van der Waals surface area contributed by atoms with Gasteiger partial charge in [-0.15, -0.1) is 0 Å². The van der Waals surface area contributed by atoms with E-state index in [0.717, 1.165) is 0 Å². The number of nitro benzene ring substituents is 1. The van der Waals surface area contributed by atoms with Crippen molar-refractivity contribution in [3.8, 4) is 5.75 Å². The number of nitro groups is 1. The number of ether oxygens (including phenoxy) is 1.